The number of fused-ring (bicyclic) bond motifs is 1. The first kappa shape index (κ1) is 23.2. The highest BCUT2D eigenvalue weighted by atomic mass is 16.4. The summed E-state index contributed by atoms with van der Waals surface area (Å²) in [6.45, 7) is 3.18. The maximum Gasteiger partial charge on any atom is 0.336 e. The minimum absolute atomic E-state index is 0.00116. The summed E-state index contributed by atoms with van der Waals surface area (Å²) in [5.41, 5.74) is 3.44. The van der Waals surface area contributed by atoms with Gasteiger partial charge in [-0.05, 0) is 79.1 Å². The van der Waals surface area contributed by atoms with E-state index in [1.54, 1.807) is 10.9 Å². The summed E-state index contributed by atoms with van der Waals surface area (Å²) in [5, 5.41) is 8.07. The third-order valence-electron chi connectivity index (χ3n) is 7.85. The number of carbonyl (C=O) groups excluding carboxylic acids is 2. The Balaban J connectivity index is 1.05. The normalized spacial score (nSPS) is 18.2. The molecule has 6 rings (SSSR count). The Morgan fingerprint density at radius 3 is 2.62 bits per heavy atom. The van der Waals surface area contributed by atoms with E-state index in [1.165, 1.54) is 6.07 Å². The molecule has 1 saturated carbocycles. The van der Waals surface area contributed by atoms with E-state index >= 15 is 0 Å². The number of amides is 2. The second-order valence-electron chi connectivity index (χ2n) is 10.3. The minimum atomic E-state index is -0.443. The summed E-state index contributed by atoms with van der Waals surface area (Å²) >= 11 is 0. The molecular formula is C29H28N4O4. The van der Waals surface area contributed by atoms with E-state index in [0.29, 0.717) is 24.2 Å². The number of piperidine rings is 1. The molecular weight excluding hydrogens is 468 g/mol. The van der Waals surface area contributed by atoms with Crippen molar-refractivity contribution >= 4 is 28.5 Å². The molecule has 0 bridgehead atoms. The maximum atomic E-state index is 13.1. The van der Waals surface area contributed by atoms with Crippen molar-refractivity contribution in [2.75, 3.05) is 18.4 Å². The molecule has 1 atom stereocenters. The van der Waals surface area contributed by atoms with Crippen molar-refractivity contribution in [3.05, 3.63) is 88.5 Å². The van der Waals surface area contributed by atoms with Crippen molar-refractivity contribution in [3.63, 3.8) is 0 Å². The predicted octanol–water partition coefficient (Wildman–Crippen LogP) is 4.10. The largest absolute Gasteiger partial charge is 0.423 e. The molecule has 1 N–H and O–H groups in total. The zero-order valence-corrected chi connectivity index (χ0v) is 20.6. The number of hydrogen-bond acceptors (Lipinski definition) is 5. The Hall–Kier alpha value is -4.20. The van der Waals surface area contributed by atoms with Gasteiger partial charge in [-0.25, -0.2) is 9.48 Å². The molecule has 1 unspecified atom stereocenters. The molecule has 4 aromatic rings. The summed E-state index contributed by atoms with van der Waals surface area (Å²) in [5.74, 6) is 0.0205. The van der Waals surface area contributed by atoms with E-state index in [0.717, 1.165) is 41.6 Å². The van der Waals surface area contributed by atoms with Crippen molar-refractivity contribution in [3.8, 4) is 5.69 Å². The number of carbonyl (C=O) groups is 2. The molecule has 2 fully saturated rings. The van der Waals surface area contributed by atoms with Crippen LogP contribution in [-0.4, -0.2) is 39.6 Å². The van der Waals surface area contributed by atoms with Crippen LogP contribution in [0.25, 0.3) is 16.7 Å². The molecule has 1 aliphatic carbocycles. The Morgan fingerprint density at radius 2 is 1.89 bits per heavy atom. The summed E-state index contributed by atoms with van der Waals surface area (Å²) in [6.07, 6.45) is 6.24. The molecule has 3 heterocycles. The monoisotopic (exact) mass is 496 g/mol. The second-order valence-corrected chi connectivity index (χ2v) is 10.3. The Bertz CT molecular complexity index is 1530. The molecule has 2 amide bonds. The van der Waals surface area contributed by atoms with Gasteiger partial charge in [-0.3, -0.25) is 9.59 Å². The van der Waals surface area contributed by atoms with Crippen LogP contribution in [0.1, 0.15) is 30.4 Å². The number of anilines is 1. The SMILES string of the molecule is Cc1ccc2c(CC(=O)N3CCC4(CC3)CC4C(=O)Nc3ccc(-n4cccn4)cc3)cc(=O)oc2c1. The number of aromatic nitrogens is 2. The highest BCUT2D eigenvalue weighted by Crippen LogP contribution is 2.59. The van der Waals surface area contributed by atoms with Crippen LogP contribution < -0.4 is 10.9 Å². The number of rotatable bonds is 5. The van der Waals surface area contributed by atoms with Crippen molar-refractivity contribution in [1.29, 1.82) is 0 Å². The molecule has 2 aromatic heterocycles. The van der Waals surface area contributed by atoms with Gasteiger partial charge < -0.3 is 14.6 Å². The maximum absolute atomic E-state index is 13.1. The first-order chi connectivity index (χ1) is 17.9. The average molecular weight is 497 g/mol. The van der Waals surface area contributed by atoms with Gasteiger partial charge in [0.05, 0.1) is 12.1 Å². The van der Waals surface area contributed by atoms with Gasteiger partial charge in [0.25, 0.3) is 0 Å². The van der Waals surface area contributed by atoms with E-state index in [1.807, 2.05) is 66.6 Å². The molecule has 2 aliphatic rings. The molecule has 0 radical (unpaired) electrons. The van der Waals surface area contributed by atoms with Crippen LogP contribution in [0.4, 0.5) is 5.69 Å². The molecule has 37 heavy (non-hydrogen) atoms. The quantitative estimate of drug-likeness (QED) is 0.420. The molecule has 2 aromatic carbocycles. The number of benzene rings is 2. The fraction of sp³-hybridized carbons (Fsp3) is 0.310. The standard InChI is InChI=1S/C29H28N4O4/c1-19-3-8-23-20(17-27(35)37-25(23)15-19)16-26(34)32-13-9-29(10-14-32)18-24(29)28(36)31-21-4-6-22(7-5-21)33-12-2-11-30-33/h2-8,11-12,15,17,24H,9-10,13-14,16,18H2,1H3,(H,31,36). The van der Waals surface area contributed by atoms with Crippen LogP contribution >= 0.6 is 0 Å². The number of aryl methyl sites for hydroxylation is 1. The lowest BCUT2D eigenvalue weighted by Gasteiger charge is -2.33. The fourth-order valence-corrected chi connectivity index (χ4v) is 5.58. The van der Waals surface area contributed by atoms with Crippen molar-refractivity contribution in [1.82, 2.24) is 14.7 Å². The topological polar surface area (TPSA) is 97.4 Å². The van der Waals surface area contributed by atoms with Gasteiger partial charge >= 0.3 is 5.63 Å². The lowest BCUT2D eigenvalue weighted by Crippen LogP contribution is -2.41. The molecule has 1 spiro atoms. The van der Waals surface area contributed by atoms with Crippen LogP contribution in [0.3, 0.4) is 0 Å². The molecule has 1 saturated heterocycles. The molecule has 8 nitrogen and oxygen atoms in total. The molecule has 188 valence electrons. The molecule has 8 heteroatoms. The Morgan fingerprint density at radius 1 is 1.11 bits per heavy atom. The minimum Gasteiger partial charge on any atom is -0.423 e. The van der Waals surface area contributed by atoms with E-state index in [2.05, 4.69) is 10.4 Å². The van der Waals surface area contributed by atoms with Gasteiger partial charge in [0.2, 0.25) is 11.8 Å². The van der Waals surface area contributed by atoms with E-state index < -0.39 is 5.63 Å². The van der Waals surface area contributed by atoms with E-state index in [9.17, 15) is 14.4 Å². The number of hydrogen-bond donors (Lipinski definition) is 1. The third kappa shape index (κ3) is 4.55. The summed E-state index contributed by atoms with van der Waals surface area (Å²) in [4.78, 5) is 39.9. The van der Waals surface area contributed by atoms with Crippen LogP contribution in [0.5, 0.6) is 0 Å². The lowest BCUT2D eigenvalue weighted by atomic mass is 9.90. The van der Waals surface area contributed by atoms with Crippen molar-refractivity contribution in [2.45, 2.75) is 32.6 Å². The van der Waals surface area contributed by atoms with Gasteiger partial charge in [0.1, 0.15) is 5.58 Å². The van der Waals surface area contributed by atoms with E-state index in [4.69, 9.17) is 4.42 Å². The first-order valence-corrected chi connectivity index (χ1v) is 12.6. The number of nitrogens with zero attached hydrogens (tertiary/aromatic N) is 3. The predicted molar refractivity (Wildman–Crippen MR) is 139 cm³/mol. The second kappa shape index (κ2) is 9.03. The third-order valence-corrected chi connectivity index (χ3v) is 7.85. The zero-order chi connectivity index (χ0) is 25.6. The van der Waals surface area contributed by atoms with Crippen molar-refractivity contribution in [2.24, 2.45) is 11.3 Å². The van der Waals surface area contributed by atoms with Crippen molar-refractivity contribution < 1.29 is 14.0 Å². The average Bonchev–Trinajstić information content (AvgIpc) is 3.30. The summed E-state index contributed by atoms with van der Waals surface area (Å²) in [7, 11) is 0. The molecule has 1 aliphatic heterocycles. The number of nitrogens with one attached hydrogen (secondary N) is 1. The van der Waals surface area contributed by atoms with E-state index in [-0.39, 0.29) is 29.6 Å². The fourth-order valence-electron chi connectivity index (χ4n) is 5.58. The van der Waals surface area contributed by atoms with Crippen LogP contribution in [0.2, 0.25) is 0 Å². The van der Waals surface area contributed by atoms with Gasteiger partial charge in [0, 0.05) is 48.5 Å². The first-order valence-electron chi connectivity index (χ1n) is 12.6. The smallest absolute Gasteiger partial charge is 0.336 e. The van der Waals surface area contributed by atoms with Crippen LogP contribution in [0, 0.1) is 18.3 Å². The Kier molecular flexibility index (Phi) is 5.67. The zero-order valence-electron chi connectivity index (χ0n) is 20.6. The van der Waals surface area contributed by atoms with Gasteiger partial charge in [0.15, 0.2) is 0 Å². The van der Waals surface area contributed by atoms with Gasteiger partial charge in [-0.1, -0.05) is 12.1 Å². The highest BCUT2D eigenvalue weighted by molar-refractivity contribution is 5.95. The van der Waals surface area contributed by atoms with Gasteiger partial charge in [-0.2, -0.15) is 5.10 Å². The lowest BCUT2D eigenvalue weighted by molar-refractivity contribution is -0.132. The summed E-state index contributed by atoms with van der Waals surface area (Å²) < 4.78 is 7.09. The van der Waals surface area contributed by atoms with Gasteiger partial charge in [-0.15, -0.1) is 0 Å². The van der Waals surface area contributed by atoms with Crippen LogP contribution in [0.15, 0.2) is 76.2 Å². The highest BCUT2D eigenvalue weighted by Gasteiger charge is 2.58. The summed E-state index contributed by atoms with van der Waals surface area (Å²) in [6, 6.07) is 16.6. The number of likely N-dealkylation sites (tertiary alicyclic amines) is 1. The van der Waals surface area contributed by atoms with Crippen LogP contribution in [-0.2, 0) is 16.0 Å². The Labute approximate surface area is 213 Å².